The lowest BCUT2D eigenvalue weighted by Gasteiger charge is -2.20. The van der Waals surface area contributed by atoms with Crippen molar-refractivity contribution < 1.29 is 9.90 Å². The molecule has 64 valence electrons. The Morgan fingerprint density at radius 1 is 1.73 bits per heavy atom. The molecule has 0 spiro atoms. The second-order valence-corrected chi connectivity index (χ2v) is 2.85. The van der Waals surface area contributed by atoms with Gasteiger partial charge in [0.25, 0.3) is 0 Å². The molecule has 1 aliphatic rings. The van der Waals surface area contributed by atoms with Crippen LogP contribution in [0.25, 0.3) is 0 Å². The van der Waals surface area contributed by atoms with Crippen LogP contribution in [0.4, 0.5) is 4.79 Å². The fourth-order valence-electron chi connectivity index (χ4n) is 1.58. The molecule has 1 fully saturated rings. The molecule has 1 amide bonds. The first-order valence-electron chi connectivity index (χ1n) is 3.95. The van der Waals surface area contributed by atoms with Crippen LogP contribution in [0, 0.1) is 0 Å². The van der Waals surface area contributed by atoms with Gasteiger partial charge in [0.15, 0.2) is 0 Å². The highest BCUT2D eigenvalue weighted by Crippen LogP contribution is 2.18. The lowest BCUT2D eigenvalue weighted by Crippen LogP contribution is -2.35. The average Bonchev–Trinajstić information content (AvgIpc) is 2.36. The van der Waals surface area contributed by atoms with Crippen LogP contribution in [0.15, 0.2) is 0 Å². The van der Waals surface area contributed by atoms with Crippen molar-refractivity contribution in [2.45, 2.75) is 25.3 Å². The first-order chi connectivity index (χ1) is 5.25. The monoisotopic (exact) mass is 158 g/mol. The zero-order chi connectivity index (χ0) is 8.27. The van der Waals surface area contributed by atoms with E-state index in [9.17, 15) is 4.79 Å². The summed E-state index contributed by atoms with van der Waals surface area (Å²) in [6.07, 6.45) is 1.95. The van der Waals surface area contributed by atoms with Gasteiger partial charge in [-0.2, -0.15) is 0 Å². The van der Waals surface area contributed by atoms with E-state index in [2.05, 4.69) is 0 Å². The largest absolute Gasteiger partial charge is 0.465 e. The quantitative estimate of drug-likeness (QED) is 0.614. The highest BCUT2D eigenvalue weighted by molar-refractivity contribution is 5.65. The normalized spacial score (nSPS) is 24.1. The number of nitrogens with zero attached hydrogens (tertiary/aromatic N) is 1. The third-order valence-electron chi connectivity index (χ3n) is 2.12. The fourth-order valence-corrected chi connectivity index (χ4v) is 1.58. The molecule has 1 aliphatic heterocycles. The molecule has 3 N–H and O–H groups in total. The molecule has 1 unspecified atom stereocenters. The lowest BCUT2D eigenvalue weighted by molar-refractivity contribution is 0.139. The van der Waals surface area contributed by atoms with Crippen molar-refractivity contribution in [2.75, 3.05) is 13.1 Å². The molecule has 0 aromatic heterocycles. The molecule has 4 heteroatoms. The third-order valence-corrected chi connectivity index (χ3v) is 2.12. The molecule has 1 rings (SSSR count). The van der Waals surface area contributed by atoms with Crippen LogP contribution in [0.5, 0.6) is 0 Å². The van der Waals surface area contributed by atoms with Crippen molar-refractivity contribution in [3.8, 4) is 0 Å². The summed E-state index contributed by atoms with van der Waals surface area (Å²) in [4.78, 5) is 12.1. The minimum absolute atomic E-state index is 0.178. The Kier molecular flexibility index (Phi) is 2.70. The predicted octanol–water partition coefficient (Wildman–Crippen LogP) is 0.478. The van der Waals surface area contributed by atoms with Crippen molar-refractivity contribution in [2.24, 2.45) is 5.73 Å². The number of nitrogens with two attached hydrogens (primary N) is 1. The lowest BCUT2D eigenvalue weighted by atomic mass is 10.1. The molecule has 1 saturated heterocycles. The molecule has 0 aliphatic carbocycles. The maximum atomic E-state index is 10.6. The Morgan fingerprint density at radius 3 is 3.00 bits per heavy atom. The van der Waals surface area contributed by atoms with E-state index in [1.807, 2.05) is 0 Å². The van der Waals surface area contributed by atoms with Crippen molar-refractivity contribution in [1.29, 1.82) is 0 Å². The molecular formula is C7H14N2O2. The Bertz CT molecular complexity index is 149. The van der Waals surface area contributed by atoms with Gasteiger partial charge in [-0.05, 0) is 25.8 Å². The SMILES string of the molecule is NCCC1CCCN1C(=O)O. The Labute approximate surface area is 66.0 Å². The van der Waals surface area contributed by atoms with E-state index in [-0.39, 0.29) is 6.04 Å². The van der Waals surface area contributed by atoms with E-state index in [1.54, 1.807) is 0 Å². The van der Waals surface area contributed by atoms with Gasteiger partial charge < -0.3 is 15.7 Å². The second-order valence-electron chi connectivity index (χ2n) is 2.85. The van der Waals surface area contributed by atoms with Gasteiger partial charge in [-0.3, -0.25) is 0 Å². The molecule has 0 radical (unpaired) electrons. The minimum Gasteiger partial charge on any atom is -0.465 e. The Balaban J connectivity index is 2.44. The van der Waals surface area contributed by atoms with Crippen molar-refractivity contribution in [1.82, 2.24) is 4.90 Å². The number of hydrogen-bond donors (Lipinski definition) is 2. The highest BCUT2D eigenvalue weighted by atomic mass is 16.4. The number of rotatable bonds is 2. The van der Waals surface area contributed by atoms with Crippen molar-refractivity contribution >= 4 is 6.09 Å². The van der Waals surface area contributed by atoms with Gasteiger partial charge in [0.2, 0.25) is 0 Å². The van der Waals surface area contributed by atoms with Crippen LogP contribution >= 0.6 is 0 Å². The van der Waals surface area contributed by atoms with E-state index >= 15 is 0 Å². The summed E-state index contributed by atoms with van der Waals surface area (Å²) in [7, 11) is 0. The molecule has 0 saturated carbocycles. The number of amides is 1. The summed E-state index contributed by atoms with van der Waals surface area (Å²) in [5.41, 5.74) is 5.35. The number of likely N-dealkylation sites (tertiary alicyclic amines) is 1. The average molecular weight is 158 g/mol. The summed E-state index contributed by atoms with van der Waals surface area (Å²) in [5.74, 6) is 0. The van der Waals surface area contributed by atoms with Crippen LogP contribution in [0.2, 0.25) is 0 Å². The maximum Gasteiger partial charge on any atom is 0.407 e. The molecule has 4 nitrogen and oxygen atoms in total. The second kappa shape index (κ2) is 3.57. The summed E-state index contributed by atoms with van der Waals surface area (Å²) < 4.78 is 0. The smallest absolute Gasteiger partial charge is 0.407 e. The van der Waals surface area contributed by atoms with Gasteiger partial charge >= 0.3 is 6.09 Å². The Hall–Kier alpha value is -0.770. The molecular weight excluding hydrogens is 144 g/mol. The van der Waals surface area contributed by atoms with Gasteiger partial charge in [-0.15, -0.1) is 0 Å². The van der Waals surface area contributed by atoms with Crippen LogP contribution < -0.4 is 5.73 Å². The van der Waals surface area contributed by atoms with Crippen LogP contribution in [0.3, 0.4) is 0 Å². The molecule has 1 atom stereocenters. The molecule has 1 heterocycles. The van der Waals surface area contributed by atoms with Gasteiger partial charge in [-0.1, -0.05) is 0 Å². The molecule has 0 aromatic carbocycles. The predicted molar refractivity (Wildman–Crippen MR) is 41.4 cm³/mol. The van der Waals surface area contributed by atoms with Gasteiger partial charge in [0, 0.05) is 12.6 Å². The topological polar surface area (TPSA) is 66.6 Å². The zero-order valence-electron chi connectivity index (χ0n) is 6.49. The van der Waals surface area contributed by atoms with E-state index in [0.29, 0.717) is 13.1 Å². The van der Waals surface area contributed by atoms with Crippen LogP contribution in [0.1, 0.15) is 19.3 Å². The number of hydrogen-bond acceptors (Lipinski definition) is 2. The van der Waals surface area contributed by atoms with E-state index in [1.165, 1.54) is 4.90 Å². The van der Waals surface area contributed by atoms with E-state index in [0.717, 1.165) is 19.3 Å². The molecule has 11 heavy (non-hydrogen) atoms. The van der Waals surface area contributed by atoms with E-state index < -0.39 is 6.09 Å². The standard InChI is InChI=1S/C7H14N2O2/c8-4-3-6-2-1-5-9(6)7(10)11/h6H,1-5,8H2,(H,10,11). The fraction of sp³-hybridized carbons (Fsp3) is 0.857. The van der Waals surface area contributed by atoms with Crippen molar-refractivity contribution in [3.05, 3.63) is 0 Å². The number of carbonyl (C=O) groups is 1. The molecule has 0 aromatic rings. The van der Waals surface area contributed by atoms with Crippen LogP contribution in [-0.4, -0.2) is 35.2 Å². The first kappa shape index (κ1) is 8.33. The van der Waals surface area contributed by atoms with Crippen molar-refractivity contribution in [3.63, 3.8) is 0 Å². The minimum atomic E-state index is -0.805. The van der Waals surface area contributed by atoms with Gasteiger partial charge in [0.05, 0.1) is 0 Å². The molecule has 0 bridgehead atoms. The van der Waals surface area contributed by atoms with E-state index in [4.69, 9.17) is 10.8 Å². The summed E-state index contributed by atoms with van der Waals surface area (Å²) >= 11 is 0. The summed E-state index contributed by atoms with van der Waals surface area (Å²) in [6, 6.07) is 0.178. The van der Waals surface area contributed by atoms with Crippen LogP contribution in [-0.2, 0) is 0 Å². The summed E-state index contributed by atoms with van der Waals surface area (Å²) in [5, 5.41) is 8.70. The number of carboxylic acid groups (broad SMARTS) is 1. The summed E-state index contributed by atoms with van der Waals surface area (Å²) in [6.45, 7) is 1.26. The highest BCUT2D eigenvalue weighted by Gasteiger charge is 2.27. The Morgan fingerprint density at radius 2 is 2.45 bits per heavy atom. The van der Waals surface area contributed by atoms with Gasteiger partial charge in [0.1, 0.15) is 0 Å². The third kappa shape index (κ3) is 1.83. The van der Waals surface area contributed by atoms with Gasteiger partial charge in [-0.25, -0.2) is 4.79 Å². The zero-order valence-corrected chi connectivity index (χ0v) is 6.49. The maximum absolute atomic E-state index is 10.6. The first-order valence-corrected chi connectivity index (χ1v) is 3.95.